The van der Waals surface area contributed by atoms with Crippen molar-refractivity contribution in [2.24, 2.45) is 0 Å². The maximum absolute atomic E-state index is 11.9. The number of rotatable bonds is 3. The number of aromatic amines is 1. The number of carbonyl (C=O) groups excluding carboxylic acids is 1. The van der Waals surface area contributed by atoms with Gasteiger partial charge in [-0.2, -0.15) is 4.98 Å². The molecule has 0 aliphatic carbocycles. The summed E-state index contributed by atoms with van der Waals surface area (Å²) in [5.41, 5.74) is 7.35. The standard InChI is InChI=1S/C11H12N4OS/c1-7-2-4-8(5-3-7)9(16)6-15-10(12)13-11(17)14-15/h2-5H,6H2,1H3,(H3,12,13,14,17). The molecule has 0 aliphatic rings. The molecule has 0 amide bonds. The quantitative estimate of drug-likeness (QED) is 0.640. The molecule has 0 fully saturated rings. The minimum absolute atomic E-state index is 0.0413. The van der Waals surface area contributed by atoms with Crippen molar-refractivity contribution in [1.82, 2.24) is 14.8 Å². The highest BCUT2D eigenvalue weighted by Crippen LogP contribution is 2.06. The van der Waals surface area contributed by atoms with E-state index in [0.717, 1.165) is 5.56 Å². The van der Waals surface area contributed by atoms with E-state index in [1.807, 2.05) is 19.1 Å². The third kappa shape index (κ3) is 2.59. The number of ketones is 1. The number of nitrogens with one attached hydrogen (secondary N) is 1. The molecule has 2 rings (SSSR count). The summed E-state index contributed by atoms with van der Waals surface area (Å²) in [5.74, 6) is 0.177. The van der Waals surface area contributed by atoms with Crippen molar-refractivity contribution in [3.63, 3.8) is 0 Å². The van der Waals surface area contributed by atoms with Gasteiger partial charge in [-0.05, 0) is 19.1 Å². The van der Waals surface area contributed by atoms with Gasteiger partial charge in [0.05, 0.1) is 0 Å². The summed E-state index contributed by atoms with van der Waals surface area (Å²) in [4.78, 5) is 15.7. The van der Waals surface area contributed by atoms with E-state index in [1.54, 1.807) is 12.1 Å². The first-order chi connectivity index (χ1) is 8.06. The molecule has 0 aliphatic heterocycles. The second-order valence-electron chi connectivity index (χ2n) is 3.76. The third-order valence-electron chi connectivity index (χ3n) is 2.40. The molecule has 1 aromatic carbocycles. The van der Waals surface area contributed by atoms with Gasteiger partial charge in [0.2, 0.25) is 10.7 Å². The van der Waals surface area contributed by atoms with Gasteiger partial charge in [0.25, 0.3) is 0 Å². The molecular weight excluding hydrogens is 236 g/mol. The lowest BCUT2D eigenvalue weighted by molar-refractivity contribution is 0.0968. The van der Waals surface area contributed by atoms with Gasteiger partial charge in [-0.15, -0.1) is 0 Å². The Bertz CT molecular complexity index is 597. The smallest absolute Gasteiger partial charge is 0.218 e. The molecule has 17 heavy (non-hydrogen) atoms. The van der Waals surface area contributed by atoms with Gasteiger partial charge in [-0.1, -0.05) is 29.8 Å². The molecule has 0 radical (unpaired) electrons. The number of benzene rings is 1. The second-order valence-corrected chi connectivity index (χ2v) is 4.15. The van der Waals surface area contributed by atoms with E-state index in [9.17, 15) is 4.79 Å². The highest BCUT2D eigenvalue weighted by Gasteiger charge is 2.09. The van der Waals surface area contributed by atoms with Crippen molar-refractivity contribution < 1.29 is 4.79 Å². The summed E-state index contributed by atoms with van der Waals surface area (Å²) in [7, 11) is 0. The molecule has 5 nitrogen and oxygen atoms in total. The number of H-pyrrole nitrogens is 1. The van der Waals surface area contributed by atoms with Crippen LogP contribution in [-0.4, -0.2) is 20.5 Å². The minimum Gasteiger partial charge on any atom is -0.368 e. The lowest BCUT2D eigenvalue weighted by Crippen LogP contribution is -2.14. The van der Waals surface area contributed by atoms with Gasteiger partial charge >= 0.3 is 0 Å². The molecule has 6 heteroatoms. The fourth-order valence-electron chi connectivity index (χ4n) is 1.46. The van der Waals surface area contributed by atoms with E-state index in [1.165, 1.54) is 4.68 Å². The summed E-state index contributed by atoms with van der Waals surface area (Å²) in [6.07, 6.45) is 0. The van der Waals surface area contributed by atoms with Crippen molar-refractivity contribution in [2.45, 2.75) is 13.5 Å². The summed E-state index contributed by atoms with van der Waals surface area (Å²) in [5, 5.41) is 2.73. The highest BCUT2D eigenvalue weighted by molar-refractivity contribution is 7.71. The molecule has 0 unspecified atom stereocenters. The number of Topliss-reactive ketones (excluding diaryl/α,β-unsaturated/α-hetero) is 1. The molecule has 0 saturated carbocycles. The molecule has 0 atom stereocenters. The average molecular weight is 248 g/mol. The predicted molar refractivity (Wildman–Crippen MR) is 67.3 cm³/mol. The Kier molecular flexibility index (Phi) is 3.06. The van der Waals surface area contributed by atoms with Crippen molar-refractivity contribution >= 4 is 23.9 Å². The first kappa shape index (κ1) is 11.5. The van der Waals surface area contributed by atoms with E-state index >= 15 is 0 Å². The molecule has 1 heterocycles. The zero-order valence-corrected chi connectivity index (χ0v) is 10.1. The molecule has 3 N–H and O–H groups in total. The summed E-state index contributed by atoms with van der Waals surface area (Å²) >= 11 is 4.83. The normalized spacial score (nSPS) is 10.4. The summed E-state index contributed by atoms with van der Waals surface area (Å²) in [6.45, 7) is 2.08. The van der Waals surface area contributed by atoms with Crippen LogP contribution in [0.5, 0.6) is 0 Å². The second kappa shape index (κ2) is 4.50. The van der Waals surface area contributed by atoms with Crippen molar-refractivity contribution in [2.75, 3.05) is 5.73 Å². The van der Waals surface area contributed by atoms with E-state index in [2.05, 4.69) is 10.1 Å². The zero-order valence-electron chi connectivity index (χ0n) is 9.30. The number of hydrogen-bond acceptors (Lipinski definition) is 4. The van der Waals surface area contributed by atoms with Crippen molar-refractivity contribution in [1.29, 1.82) is 0 Å². The molecule has 0 bridgehead atoms. The monoisotopic (exact) mass is 248 g/mol. The highest BCUT2D eigenvalue weighted by atomic mass is 32.1. The maximum atomic E-state index is 11.9. The van der Waals surface area contributed by atoms with Gasteiger partial charge in [0.15, 0.2) is 5.78 Å². The maximum Gasteiger partial charge on any atom is 0.218 e. The Morgan fingerprint density at radius 2 is 2.12 bits per heavy atom. The van der Waals surface area contributed by atoms with Gasteiger partial charge in [-0.3, -0.25) is 9.89 Å². The van der Waals surface area contributed by atoms with E-state index < -0.39 is 0 Å². The van der Waals surface area contributed by atoms with Crippen LogP contribution in [-0.2, 0) is 6.54 Å². The SMILES string of the molecule is Cc1ccc(C(=O)Cn2[nH]c(=S)nc2N)cc1. The number of aromatic nitrogens is 3. The number of nitrogens with zero attached hydrogens (tertiary/aromatic N) is 2. The summed E-state index contributed by atoms with van der Waals surface area (Å²) < 4.78 is 1.71. The zero-order chi connectivity index (χ0) is 12.4. The van der Waals surface area contributed by atoms with Crippen LogP contribution in [0.2, 0.25) is 0 Å². The van der Waals surface area contributed by atoms with Crippen LogP contribution in [0.1, 0.15) is 15.9 Å². The van der Waals surface area contributed by atoms with Crippen molar-refractivity contribution in [3.05, 3.63) is 40.2 Å². The lowest BCUT2D eigenvalue weighted by Gasteiger charge is -2.03. The fourth-order valence-corrected chi connectivity index (χ4v) is 1.66. The largest absolute Gasteiger partial charge is 0.368 e. The van der Waals surface area contributed by atoms with E-state index in [-0.39, 0.29) is 23.0 Å². The number of aryl methyl sites for hydroxylation is 1. The van der Waals surface area contributed by atoms with Gasteiger partial charge in [0, 0.05) is 5.56 Å². The van der Waals surface area contributed by atoms with Crippen LogP contribution in [0.3, 0.4) is 0 Å². The number of anilines is 1. The van der Waals surface area contributed by atoms with Crippen LogP contribution in [0, 0.1) is 11.7 Å². The lowest BCUT2D eigenvalue weighted by atomic mass is 10.1. The van der Waals surface area contributed by atoms with Gasteiger partial charge in [0.1, 0.15) is 6.54 Å². The molecule has 1 aromatic heterocycles. The van der Waals surface area contributed by atoms with Gasteiger partial charge < -0.3 is 5.73 Å². The minimum atomic E-state index is -0.0413. The Morgan fingerprint density at radius 3 is 2.65 bits per heavy atom. The molecule has 88 valence electrons. The first-order valence-corrected chi connectivity index (χ1v) is 5.49. The molecule has 2 aromatic rings. The number of nitrogen functional groups attached to an aromatic ring is 1. The van der Waals surface area contributed by atoms with E-state index in [0.29, 0.717) is 5.56 Å². The first-order valence-electron chi connectivity index (χ1n) is 5.08. The summed E-state index contributed by atoms with van der Waals surface area (Å²) in [6, 6.07) is 7.37. The van der Waals surface area contributed by atoms with Crippen molar-refractivity contribution in [3.8, 4) is 0 Å². The van der Waals surface area contributed by atoms with Crippen LogP contribution in [0.25, 0.3) is 0 Å². The molecule has 0 saturated heterocycles. The van der Waals surface area contributed by atoms with Crippen LogP contribution in [0.4, 0.5) is 5.95 Å². The van der Waals surface area contributed by atoms with E-state index in [4.69, 9.17) is 18.0 Å². The Hall–Kier alpha value is -1.95. The topological polar surface area (TPSA) is 76.7 Å². The third-order valence-corrected chi connectivity index (χ3v) is 2.58. The Labute approximate surface area is 103 Å². The number of hydrogen-bond donors (Lipinski definition) is 2. The molecular formula is C11H12N4OS. The van der Waals surface area contributed by atoms with Gasteiger partial charge in [-0.25, -0.2) is 4.68 Å². The fraction of sp³-hybridized carbons (Fsp3) is 0.182. The van der Waals surface area contributed by atoms with Crippen LogP contribution in [0.15, 0.2) is 24.3 Å². The molecule has 0 spiro atoms. The van der Waals surface area contributed by atoms with Crippen LogP contribution < -0.4 is 5.73 Å². The van der Waals surface area contributed by atoms with Crippen LogP contribution >= 0.6 is 12.2 Å². The Balaban J connectivity index is 2.19. The number of nitrogens with two attached hydrogens (primary N) is 1. The Morgan fingerprint density at radius 1 is 1.47 bits per heavy atom. The predicted octanol–water partition coefficient (Wildman–Crippen LogP) is 1.71. The average Bonchev–Trinajstić information content (AvgIpc) is 2.58. The number of carbonyl (C=O) groups is 1.